The molecular formula is C28H25NO7. The van der Waals surface area contributed by atoms with Crippen molar-refractivity contribution in [2.45, 2.75) is 37.4 Å². The number of aliphatic hydroxyl groups is 3. The number of amides is 1. The maximum absolute atomic E-state index is 13.5. The summed E-state index contributed by atoms with van der Waals surface area (Å²) in [6.45, 7) is 0. The van der Waals surface area contributed by atoms with Crippen molar-refractivity contribution in [3.8, 4) is 17.6 Å². The Morgan fingerprint density at radius 1 is 1.08 bits per heavy atom. The molecule has 0 spiro atoms. The van der Waals surface area contributed by atoms with Gasteiger partial charge in [0.15, 0.2) is 17.2 Å². The lowest BCUT2D eigenvalue weighted by Gasteiger charge is -2.48. The summed E-state index contributed by atoms with van der Waals surface area (Å²) in [6.07, 6.45) is -0.697. The van der Waals surface area contributed by atoms with Gasteiger partial charge < -0.3 is 26.2 Å². The SMILES string of the molecule is NC(=O)C1C(=O)[C@@]2(O)C(O)=C3C(=O)c4c(O)ccc(C#CCc5ccccc5)c4C[C@H]3C[C@H]2CC1O. The van der Waals surface area contributed by atoms with Gasteiger partial charge in [0.05, 0.1) is 11.7 Å². The number of carbonyl (C=O) groups is 3. The molecule has 2 unspecified atom stereocenters. The number of ketones is 2. The molecule has 0 bridgehead atoms. The van der Waals surface area contributed by atoms with E-state index < -0.39 is 52.7 Å². The second-order valence-corrected chi connectivity index (χ2v) is 9.69. The third kappa shape index (κ3) is 3.51. The van der Waals surface area contributed by atoms with E-state index in [4.69, 9.17) is 5.73 Å². The third-order valence-corrected chi connectivity index (χ3v) is 7.63. The number of phenols is 1. The van der Waals surface area contributed by atoms with Crippen LogP contribution in [0.15, 0.2) is 53.8 Å². The molecule has 6 N–H and O–H groups in total. The van der Waals surface area contributed by atoms with Gasteiger partial charge in [-0.1, -0.05) is 42.2 Å². The van der Waals surface area contributed by atoms with Crippen LogP contribution >= 0.6 is 0 Å². The molecule has 0 heterocycles. The predicted octanol–water partition coefficient (Wildman–Crippen LogP) is 1.34. The minimum absolute atomic E-state index is 0.0314. The fourth-order valence-electron chi connectivity index (χ4n) is 5.88. The fourth-order valence-corrected chi connectivity index (χ4v) is 5.88. The summed E-state index contributed by atoms with van der Waals surface area (Å²) in [5.41, 5.74) is 4.69. The number of hydrogen-bond donors (Lipinski definition) is 5. The number of Topliss-reactive ketones (excluding diaryl/α,β-unsaturated/α-hetero) is 2. The largest absolute Gasteiger partial charge is 0.508 e. The molecule has 0 aliphatic heterocycles. The molecule has 3 aliphatic carbocycles. The molecule has 1 fully saturated rings. The number of rotatable bonds is 2. The number of aromatic hydroxyl groups is 1. The Labute approximate surface area is 207 Å². The molecule has 2 aromatic carbocycles. The quantitative estimate of drug-likeness (QED) is 0.316. The molecule has 0 radical (unpaired) electrons. The average Bonchev–Trinajstić information content (AvgIpc) is 2.83. The number of aliphatic hydroxyl groups excluding tert-OH is 2. The summed E-state index contributed by atoms with van der Waals surface area (Å²) >= 11 is 0. The molecule has 8 nitrogen and oxygen atoms in total. The van der Waals surface area contributed by atoms with Gasteiger partial charge in [-0.3, -0.25) is 14.4 Å². The lowest BCUT2D eigenvalue weighted by atomic mass is 9.57. The number of nitrogens with two attached hydrogens (primary N) is 1. The number of phenolic OH excluding ortho intramolecular Hbond substituents is 1. The summed E-state index contributed by atoms with van der Waals surface area (Å²) in [6, 6.07) is 12.7. The van der Waals surface area contributed by atoms with Crippen molar-refractivity contribution in [2.75, 3.05) is 0 Å². The van der Waals surface area contributed by atoms with E-state index in [1.165, 1.54) is 6.07 Å². The second kappa shape index (κ2) is 8.63. The van der Waals surface area contributed by atoms with Crippen LogP contribution in [0, 0.1) is 29.6 Å². The fraction of sp³-hybridized carbons (Fsp3) is 0.321. The summed E-state index contributed by atoms with van der Waals surface area (Å²) in [7, 11) is 0. The standard InChI is InChI=1S/C28H25NO7/c29-27(35)23-20(31)13-17-11-16-12-18-15(8-4-7-14-5-2-1-3-6-14)9-10-19(30)22(18)24(32)21(16)25(33)28(17,36)26(23)34/h1-3,5-6,9-10,16-17,20,23,30-31,33,36H,7,11-13H2,(H2,29,35)/t16-,17+,20?,23?,28+/m1/s1. The van der Waals surface area contributed by atoms with Gasteiger partial charge >= 0.3 is 0 Å². The first-order chi connectivity index (χ1) is 17.1. The number of allylic oxidation sites excluding steroid dienone is 1. The van der Waals surface area contributed by atoms with Crippen molar-refractivity contribution in [1.82, 2.24) is 0 Å². The van der Waals surface area contributed by atoms with E-state index in [0.29, 0.717) is 17.5 Å². The van der Waals surface area contributed by atoms with Gasteiger partial charge in [-0.2, -0.15) is 0 Å². The van der Waals surface area contributed by atoms with Crippen LogP contribution < -0.4 is 5.73 Å². The minimum Gasteiger partial charge on any atom is -0.508 e. The summed E-state index contributed by atoms with van der Waals surface area (Å²) in [5, 5.41) is 43.3. The molecule has 8 heteroatoms. The van der Waals surface area contributed by atoms with E-state index >= 15 is 0 Å². The monoisotopic (exact) mass is 487 g/mol. The Morgan fingerprint density at radius 3 is 2.50 bits per heavy atom. The van der Waals surface area contributed by atoms with Crippen LogP contribution in [0.1, 0.15) is 39.9 Å². The molecule has 0 saturated heterocycles. The molecule has 0 aromatic heterocycles. The highest BCUT2D eigenvalue weighted by Crippen LogP contribution is 2.51. The van der Waals surface area contributed by atoms with E-state index in [0.717, 1.165) is 5.56 Å². The molecule has 2 aromatic rings. The Hall–Kier alpha value is -3.93. The van der Waals surface area contributed by atoms with Crippen LogP contribution in [0.4, 0.5) is 0 Å². The number of hydrogen-bond acceptors (Lipinski definition) is 7. The number of fused-ring (bicyclic) bond motifs is 3. The van der Waals surface area contributed by atoms with Crippen molar-refractivity contribution in [3.05, 3.63) is 76.1 Å². The van der Waals surface area contributed by atoms with E-state index in [2.05, 4.69) is 11.8 Å². The van der Waals surface area contributed by atoms with Crippen molar-refractivity contribution >= 4 is 17.5 Å². The lowest BCUT2D eigenvalue weighted by molar-refractivity contribution is -0.167. The summed E-state index contributed by atoms with van der Waals surface area (Å²) in [5.74, 6) is -1.07. The van der Waals surface area contributed by atoms with Crippen molar-refractivity contribution in [1.29, 1.82) is 0 Å². The van der Waals surface area contributed by atoms with Crippen LogP contribution in [0.5, 0.6) is 5.75 Å². The lowest BCUT2D eigenvalue weighted by Crippen LogP contribution is -2.63. The maximum Gasteiger partial charge on any atom is 0.230 e. The van der Waals surface area contributed by atoms with Gasteiger partial charge in [0.2, 0.25) is 5.91 Å². The van der Waals surface area contributed by atoms with E-state index in [1.807, 2.05) is 30.3 Å². The molecule has 5 rings (SSSR count). The van der Waals surface area contributed by atoms with Gasteiger partial charge in [-0.25, -0.2) is 0 Å². The molecular weight excluding hydrogens is 462 g/mol. The van der Waals surface area contributed by atoms with Gasteiger partial charge in [-0.15, -0.1) is 0 Å². The Bertz CT molecular complexity index is 1380. The summed E-state index contributed by atoms with van der Waals surface area (Å²) < 4.78 is 0. The van der Waals surface area contributed by atoms with Crippen LogP contribution in [-0.2, 0) is 22.4 Å². The first-order valence-corrected chi connectivity index (χ1v) is 11.7. The zero-order valence-electron chi connectivity index (χ0n) is 19.3. The van der Waals surface area contributed by atoms with Crippen molar-refractivity contribution < 1.29 is 34.8 Å². The zero-order chi connectivity index (χ0) is 25.8. The molecule has 3 aliphatic rings. The average molecular weight is 488 g/mol. The normalized spacial score (nSPS) is 28.9. The second-order valence-electron chi connectivity index (χ2n) is 9.69. The number of benzene rings is 2. The highest BCUT2D eigenvalue weighted by atomic mass is 16.3. The molecule has 1 saturated carbocycles. The van der Waals surface area contributed by atoms with Gasteiger partial charge in [0.1, 0.15) is 17.4 Å². The van der Waals surface area contributed by atoms with Crippen LogP contribution in [0.3, 0.4) is 0 Å². The molecule has 36 heavy (non-hydrogen) atoms. The Morgan fingerprint density at radius 2 is 1.81 bits per heavy atom. The summed E-state index contributed by atoms with van der Waals surface area (Å²) in [4.78, 5) is 38.4. The minimum atomic E-state index is -2.51. The molecule has 1 amide bonds. The van der Waals surface area contributed by atoms with E-state index in [-0.39, 0.29) is 36.1 Å². The predicted molar refractivity (Wildman–Crippen MR) is 128 cm³/mol. The number of primary amides is 1. The number of carbonyl (C=O) groups excluding carboxylic acids is 3. The topological polar surface area (TPSA) is 158 Å². The van der Waals surface area contributed by atoms with Crippen LogP contribution in [0.25, 0.3) is 0 Å². The maximum atomic E-state index is 13.5. The van der Waals surface area contributed by atoms with Gasteiger partial charge in [0.25, 0.3) is 0 Å². The third-order valence-electron chi connectivity index (χ3n) is 7.63. The highest BCUT2D eigenvalue weighted by Gasteiger charge is 2.62. The Kier molecular flexibility index (Phi) is 5.70. The highest BCUT2D eigenvalue weighted by molar-refractivity contribution is 6.15. The van der Waals surface area contributed by atoms with Crippen LogP contribution in [-0.4, -0.2) is 49.6 Å². The van der Waals surface area contributed by atoms with Gasteiger partial charge in [0, 0.05) is 23.5 Å². The van der Waals surface area contributed by atoms with Gasteiger partial charge in [-0.05, 0) is 48.4 Å². The zero-order valence-corrected chi connectivity index (χ0v) is 19.3. The van der Waals surface area contributed by atoms with E-state index in [1.54, 1.807) is 6.07 Å². The van der Waals surface area contributed by atoms with Crippen LogP contribution in [0.2, 0.25) is 0 Å². The smallest absolute Gasteiger partial charge is 0.230 e. The van der Waals surface area contributed by atoms with E-state index in [9.17, 15) is 34.8 Å². The van der Waals surface area contributed by atoms with Crippen molar-refractivity contribution in [2.24, 2.45) is 23.5 Å². The Balaban J connectivity index is 1.57. The first kappa shape index (κ1) is 23.8. The first-order valence-electron chi connectivity index (χ1n) is 11.7. The molecule has 184 valence electrons. The van der Waals surface area contributed by atoms with Crippen molar-refractivity contribution in [3.63, 3.8) is 0 Å². The molecule has 5 atom stereocenters.